The highest BCUT2D eigenvalue weighted by atomic mass is 16.2. The van der Waals surface area contributed by atoms with Crippen molar-refractivity contribution in [3.8, 4) is 0 Å². The largest absolute Gasteiger partial charge is 0.369 e. The standard InChI is InChI=1S/C24H28N10O2/c1-32-8-10-33(11-9-32)18-6-2-15(3-7-18)13-25-22-29-20-16(12-19-21(35)30-24(36)28-19)14-26-34(20)23(31-22)27-17-4-5-17/h2-3,6-7,12,14,17H,4-5,8-11,13H2,1H3,(H2,25,27,29,31)(H2,28,30,35,36)/b19-12-. The van der Waals surface area contributed by atoms with Gasteiger partial charge in [0.1, 0.15) is 5.70 Å². The lowest BCUT2D eigenvalue weighted by Crippen LogP contribution is -2.44. The van der Waals surface area contributed by atoms with E-state index in [0.29, 0.717) is 35.7 Å². The summed E-state index contributed by atoms with van der Waals surface area (Å²) in [7, 11) is 2.16. The molecule has 4 N–H and O–H groups in total. The molecule has 0 unspecified atom stereocenters. The number of aromatic nitrogens is 4. The Hall–Kier alpha value is -4.19. The molecule has 4 heterocycles. The van der Waals surface area contributed by atoms with Gasteiger partial charge in [0, 0.05) is 50.0 Å². The zero-order valence-electron chi connectivity index (χ0n) is 20.0. The minimum Gasteiger partial charge on any atom is -0.369 e. The molecule has 3 amide bonds. The van der Waals surface area contributed by atoms with E-state index in [-0.39, 0.29) is 5.70 Å². The molecule has 0 radical (unpaired) electrons. The zero-order chi connectivity index (χ0) is 24.6. The van der Waals surface area contributed by atoms with Gasteiger partial charge in [-0.05, 0) is 43.7 Å². The molecule has 0 atom stereocenters. The number of piperazine rings is 1. The van der Waals surface area contributed by atoms with Gasteiger partial charge in [0.2, 0.25) is 11.9 Å². The van der Waals surface area contributed by atoms with Crippen molar-refractivity contribution in [1.29, 1.82) is 0 Å². The minimum atomic E-state index is -0.547. The quantitative estimate of drug-likeness (QED) is 0.286. The summed E-state index contributed by atoms with van der Waals surface area (Å²) >= 11 is 0. The fraction of sp³-hybridized carbons (Fsp3) is 0.375. The number of imide groups is 1. The molecule has 1 aliphatic carbocycles. The van der Waals surface area contributed by atoms with Crippen molar-refractivity contribution in [1.82, 2.24) is 35.1 Å². The van der Waals surface area contributed by atoms with E-state index >= 15 is 0 Å². The number of benzene rings is 1. The van der Waals surface area contributed by atoms with Crippen molar-refractivity contribution >= 4 is 41.2 Å². The first kappa shape index (κ1) is 22.3. The van der Waals surface area contributed by atoms with E-state index in [1.54, 1.807) is 16.8 Å². The number of anilines is 3. The molecule has 0 bridgehead atoms. The summed E-state index contributed by atoms with van der Waals surface area (Å²) < 4.78 is 1.62. The molecule has 12 nitrogen and oxygen atoms in total. The van der Waals surface area contributed by atoms with Crippen molar-refractivity contribution < 1.29 is 9.59 Å². The number of rotatable bonds is 7. The molecule has 2 aliphatic heterocycles. The zero-order valence-corrected chi connectivity index (χ0v) is 20.0. The summed E-state index contributed by atoms with van der Waals surface area (Å²) in [4.78, 5) is 37.5. The van der Waals surface area contributed by atoms with Crippen LogP contribution in [0.5, 0.6) is 0 Å². The first-order chi connectivity index (χ1) is 17.5. The lowest BCUT2D eigenvalue weighted by Gasteiger charge is -2.34. The third-order valence-corrected chi connectivity index (χ3v) is 6.58. The van der Waals surface area contributed by atoms with Gasteiger partial charge in [0.05, 0.1) is 6.20 Å². The summed E-state index contributed by atoms with van der Waals surface area (Å²) in [6.45, 7) is 4.78. The molecular formula is C24H28N10O2. The topological polar surface area (TPSA) is 132 Å². The van der Waals surface area contributed by atoms with Crippen LogP contribution in [0.2, 0.25) is 0 Å². The number of carbonyl (C=O) groups excluding carboxylic acids is 2. The summed E-state index contributed by atoms with van der Waals surface area (Å²) in [6, 6.07) is 8.39. The maximum Gasteiger partial charge on any atom is 0.326 e. The molecule has 3 fully saturated rings. The number of nitrogens with one attached hydrogen (secondary N) is 4. The van der Waals surface area contributed by atoms with Crippen molar-refractivity contribution in [3.63, 3.8) is 0 Å². The molecule has 1 aromatic carbocycles. The highest BCUT2D eigenvalue weighted by Gasteiger charge is 2.26. The van der Waals surface area contributed by atoms with Crippen LogP contribution in [0.25, 0.3) is 11.7 Å². The number of hydrogen-bond acceptors (Lipinski definition) is 9. The minimum absolute atomic E-state index is 0.153. The third kappa shape index (κ3) is 4.67. The molecule has 186 valence electrons. The van der Waals surface area contributed by atoms with Gasteiger partial charge in [0.25, 0.3) is 5.91 Å². The Kier molecular flexibility index (Phi) is 5.64. The van der Waals surface area contributed by atoms with Gasteiger partial charge in [-0.3, -0.25) is 10.1 Å². The van der Waals surface area contributed by atoms with Crippen LogP contribution >= 0.6 is 0 Å². The molecule has 2 saturated heterocycles. The van der Waals surface area contributed by atoms with Crippen molar-refractivity contribution in [2.45, 2.75) is 25.4 Å². The van der Waals surface area contributed by atoms with Gasteiger partial charge < -0.3 is 25.8 Å². The summed E-state index contributed by atoms with van der Waals surface area (Å²) in [6.07, 6.45) is 5.33. The third-order valence-electron chi connectivity index (χ3n) is 6.58. The van der Waals surface area contributed by atoms with Crippen molar-refractivity contribution in [2.75, 3.05) is 48.8 Å². The number of amides is 3. The molecular weight excluding hydrogens is 460 g/mol. The Bertz CT molecular complexity index is 1340. The van der Waals surface area contributed by atoms with Crippen LogP contribution in [-0.4, -0.2) is 75.7 Å². The maximum absolute atomic E-state index is 12.0. The van der Waals surface area contributed by atoms with E-state index in [1.165, 1.54) is 5.69 Å². The molecule has 0 spiro atoms. The summed E-state index contributed by atoms with van der Waals surface area (Å²) in [5.41, 5.74) is 3.64. The SMILES string of the molecule is CN1CCN(c2ccc(CNc3nc(NC4CC4)n4ncc(/C=C5\NC(=O)NC5=O)c4n3)cc2)CC1. The van der Waals surface area contributed by atoms with Crippen LogP contribution in [0.1, 0.15) is 24.0 Å². The van der Waals surface area contributed by atoms with E-state index in [1.807, 2.05) is 0 Å². The fourth-order valence-corrected chi connectivity index (χ4v) is 4.29. The number of likely N-dealkylation sites (N-methyl/N-ethyl adjacent to an activating group) is 1. The second kappa shape index (κ2) is 9.11. The first-order valence-corrected chi connectivity index (χ1v) is 12.1. The Balaban J connectivity index is 1.22. The number of urea groups is 1. The second-order valence-electron chi connectivity index (χ2n) is 9.40. The van der Waals surface area contributed by atoms with E-state index < -0.39 is 11.9 Å². The maximum atomic E-state index is 12.0. The Morgan fingerprint density at radius 1 is 1.06 bits per heavy atom. The van der Waals surface area contributed by atoms with Gasteiger partial charge in [0.15, 0.2) is 5.65 Å². The van der Waals surface area contributed by atoms with Crippen molar-refractivity contribution in [2.24, 2.45) is 0 Å². The highest BCUT2D eigenvalue weighted by molar-refractivity contribution is 6.14. The Morgan fingerprint density at radius 3 is 2.53 bits per heavy atom. The smallest absolute Gasteiger partial charge is 0.326 e. The Labute approximate surface area is 207 Å². The normalized spacial score (nSPS) is 19.6. The van der Waals surface area contributed by atoms with Crippen LogP contribution in [0, 0.1) is 0 Å². The molecule has 6 rings (SSSR count). The van der Waals surface area contributed by atoms with Crippen LogP contribution < -0.4 is 26.2 Å². The number of fused-ring (bicyclic) bond motifs is 1. The van der Waals surface area contributed by atoms with E-state index in [2.05, 4.69) is 77.4 Å². The molecule has 3 aromatic rings. The fourth-order valence-electron chi connectivity index (χ4n) is 4.29. The van der Waals surface area contributed by atoms with Gasteiger partial charge in [-0.15, -0.1) is 0 Å². The number of hydrogen-bond donors (Lipinski definition) is 4. The average molecular weight is 489 g/mol. The summed E-state index contributed by atoms with van der Waals surface area (Å²) in [5, 5.41) is 15.8. The lowest BCUT2D eigenvalue weighted by molar-refractivity contribution is -0.115. The van der Waals surface area contributed by atoms with E-state index in [0.717, 1.165) is 44.6 Å². The predicted octanol–water partition coefficient (Wildman–Crippen LogP) is 1.24. The average Bonchev–Trinajstić information content (AvgIpc) is 3.51. The van der Waals surface area contributed by atoms with Crippen LogP contribution in [0.15, 0.2) is 36.2 Å². The summed E-state index contributed by atoms with van der Waals surface area (Å²) in [5.74, 6) is 0.553. The van der Waals surface area contributed by atoms with Crippen LogP contribution in [-0.2, 0) is 11.3 Å². The monoisotopic (exact) mass is 488 g/mol. The van der Waals surface area contributed by atoms with Gasteiger partial charge >= 0.3 is 6.03 Å². The van der Waals surface area contributed by atoms with E-state index in [9.17, 15) is 9.59 Å². The molecule has 1 saturated carbocycles. The van der Waals surface area contributed by atoms with E-state index in [4.69, 9.17) is 0 Å². The second-order valence-corrected chi connectivity index (χ2v) is 9.40. The first-order valence-electron chi connectivity index (χ1n) is 12.1. The molecule has 36 heavy (non-hydrogen) atoms. The van der Waals surface area contributed by atoms with Gasteiger partial charge in [-0.2, -0.15) is 19.6 Å². The highest BCUT2D eigenvalue weighted by Crippen LogP contribution is 2.26. The molecule has 12 heteroatoms. The number of carbonyl (C=O) groups is 2. The predicted molar refractivity (Wildman–Crippen MR) is 136 cm³/mol. The molecule has 3 aliphatic rings. The Morgan fingerprint density at radius 2 is 1.83 bits per heavy atom. The number of nitrogens with zero attached hydrogens (tertiary/aromatic N) is 6. The van der Waals surface area contributed by atoms with Crippen LogP contribution in [0.3, 0.4) is 0 Å². The van der Waals surface area contributed by atoms with Crippen molar-refractivity contribution in [3.05, 3.63) is 47.3 Å². The lowest BCUT2D eigenvalue weighted by atomic mass is 10.2. The van der Waals surface area contributed by atoms with Gasteiger partial charge in [-0.25, -0.2) is 4.79 Å². The molecule has 2 aromatic heterocycles. The van der Waals surface area contributed by atoms with Crippen LogP contribution in [0.4, 0.5) is 22.4 Å². The van der Waals surface area contributed by atoms with Gasteiger partial charge in [-0.1, -0.05) is 12.1 Å².